The number of nitrogens with one attached hydrogen (secondary N) is 2. The molecule has 2 aromatic rings. The molecule has 5 nitrogen and oxygen atoms in total. The number of guanidine groups is 1. The van der Waals surface area contributed by atoms with Gasteiger partial charge in [-0.15, -0.1) is 24.0 Å². The molecule has 28 heavy (non-hydrogen) atoms. The number of fused-ring (bicyclic) bond motifs is 1. The van der Waals surface area contributed by atoms with Crippen LogP contribution in [0.1, 0.15) is 24.8 Å². The summed E-state index contributed by atoms with van der Waals surface area (Å²) >= 11 is 0. The van der Waals surface area contributed by atoms with E-state index in [0.717, 1.165) is 44.9 Å². The molecule has 0 aliphatic carbocycles. The number of likely N-dealkylation sites (tertiary alicyclic amines) is 1. The number of aliphatic imine (C=N–C) groups is 1. The molecule has 1 fully saturated rings. The van der Waals surface area contributed by atoms with Crippen molar-refractivity contribution >= 4 is 46.6 Å². The normalized spacial score (nSPS) is 15.2. The third-order valence-corrected chi connectivity index (χ3v) is 5.44. The van der Waals surface area contributed by atoms with Gasteiger partial charge in [-0.2, -0.15) is 0 Å². The van der Waals surface area contributed by atoms with E-state index < -0.39 is 0 Å². The molecule has 1 aliphatic heterocycles. The van der Waals surface area contributed by atoms with Gasteiger partial charge in [0.15, 0.2) is 5.96 Å². The lowest BCUT2D eigenvalue weighted by Crippen LogP contribution is -2.46. The van der Waals surface area contributed by atoms with Crippen molar-refractivity contribution in [3.8, 4) is 0 Å². The first kappa shape index (κ1) is 22.5. The van der Waals surface area contributed by atoms with Crippen molar-refractivity contribution in [3.63, 3.8) is 0 Å². The molecule has 152 valence electrons. The monoisotopic (exact) mass is 494 g/mol. The molecule has 6 heteroatoms. The summed E-state index contributed by atoms with van der Waals surface area (Å²) in [7, 11) is 3.55. The van der Waals surface area contributed by atoms with Crippen LogP contribution < -0.4 is 10.6 Å². The van der Waals surface area contributed by atoms with Crippen LogP contribution >= 0.6 is 24.0 Å². The van der Waals surface area contributed by atoms with Crippen LogP contribution in [0.4, 0.5) is 0 Å². The predicted molar refractivity (Wildman–Crippen MR) is 127 cm³/mol. The summed E-state index contributed by atoms with van der Waals surface area (Å²) in [6.07, 6.45) is 3.68. The molecule has 1 heterocycles. The number of carbonyl (C=O) groups excluding carboxylic acids is 1. The molecule has 1 saturated heterocycles. The number of hydrogen-bond acceptors (Lipinski definition) is 2. The lowest BCUT2D eigenvalue weighted by molar-refractivity contribution is -0.121. The van der Waals surface area contributed by atoms with Gasteiger partial charge in [0, 0.05) is 40.2 Å². The molecule has 0 unspecified atom stereocenters. The number of piperidine rings is 1. The highest BCUT2D eigenvalue weighted by molar-refractivity contribution is 14.0. The minimum atomic E-state index is 0. The van der Waals surface area contributed by atoms with E-state index in [2.05, 4.69) is 63.0 Å². The zero-order valence-electron chi connectivity index (χ0n) is 16.8. The summed E-state index contributed by atoms with van der Waals surface area (Å²) in [5.41, 5.74) is 1.36. The van der Waals surface area contributed by atoms with Gasteiger partial charge in [-0.25, -0.2) is 0 Å². The van der Waals surface area contributed by atoms with Crippen LogP contribution in [-0.2, 0) is 11.2 Å². The summed E-state index contributed by atoms with van der Waals surface area (Å²) < 4.78 is 0. The van der Waals surface area contributed by atoms with Crippen molar-refractivity contribution in [3.05, 3.63) is 48.0 Å². The summed E-state index contributed by atoms with van der Waals surface area (Å²) in [6.45, 7) is 2.77. The summed E-state index contributed by atoms with van der Waals surface area (Å²) in [5.74, 6) is 1.59. The zero-order chi connectivity index (χ0) is 19.1. The number of carbonyl (C=O) groups is 1. The second kappa shape index (κ2) is 11.2. The van der Waals surface area contributed by atoms with Gasteiger partial charge in [0.05, 0.1) is 0 Å². The molecule has 3 rings (SSSR count). The largest absolute Gasteiger partial charge is 0.359 e. The fraction of sp³-hybridized carbons (Fsp3) is 0.455. The minimum absolute atomic E-state index is 0. The van der Waals surface area contributed by atoms with Crippen molar-refractivity contribution in [2.75, 3.05) is 33.7 Å². The number of amides is 1. The molecule has 0 aromatic heterocycles. The average Bonchev–Trinajstić information content (AvgIpc) is 2.72. The third kappa shape index (κ3) is 5.83. The fourth-order valence-electron chi connectivity index (χ4n) is 3.86. The quantitative estimate of drug-likeness (QED) is 0.381. The van der Waals surface area contributed by atoms with E-state index in [1.807, 2.05) is 7.05 Å². The predicted octanol–water partition coefficient (Wildman–Crippen LogP) is 3.42. The molecular formula is C22H31IN4O. The molecule has 0 bridgehead atoms. The first-order chi connectivity index (χ1) is 13.2. The van der Waals surface area contributed by atoms with Crippen molar-refractivity contribution in [2.45, 2.75) is 25.7 Å². The molecule has 0 saturated carbocycles. The van der Waals surface area contributed by atoms with E-state index in [1.165, 1.54) is 16.3 Å². The Bertz CT molecular complexity index is 795. The molecule has 0 atom stereocenters. The zero-order valence-corrected chi connectivity index (χ0v) is 19.1. The Morgan fingerprint density at radius 3 is 2.57 bits per heavy atom. The minimum Gasteiger partial charge on any atom is -0.359 e. The van der Waals surface area contributed by atoms with Crippen LogP contribution in [0.5, 0.6) is 0 Å². The van der Waals surface area contributed by atoms with Crippen LogP contribution in [0.3, 0.4) is 0 Å². The van der Waals surface area contributed by atoms with Crippen molar-refractivity contribution in [2.24, 2.45) is 10.9 Å². The number of halogens is 1. The molecular weight excluding hydrogens is 463 g/mol. The van der Waals surface area contributed by atoms with Gasteiger partial charge in [-0.3, -0.25) is 9.79 Å². The maximum Gasteiger partial charge on any atom is 0.220 e. The first-order valence-corrected chi connectivity index (χ1v) is 9.84. The molecule has 2 aromatic carbocycles. The molecule has 2 N–H and O–H groups in total. The number of benzene rings is 2. The average molecular weight is 494 g/mol. The van der Waals surface area contributed by atoms with Crippen LogP contribution in [0.15, 0.2) is 47.5 Å². The first-order valence-electron chi connectivity index (χ1n) is 9.84. The maximum atomic E-state index is 11.6. The number of rotatable bonds is 5. The van der Waals surface area contributed by atoms with Gasteiger partial charge >= 0.3 is 0 Å². The van der Waals surface area contributed by atoms with Gasteiger partial charge < -0.3 is 15.5 Å². The Morgan fingerprint density at radius 1 is 1.14 bits per heavy atom. The third-order valence-electron chi connectivity index (χ3n) is 5.44. The molecule has 1 aliphatic rings. The van der Waals surface area contributed by atoms with E-state index in [0.29, 0.717) is 12.3 Å². The second-order valence-electron chi connectivity index (χ2n) is 7.17. The Kier molecular flexibility index (Phi) is 9.02. The second-order valence-corrected chi connectivity index (χ2v) is 7.17. The van der Waals surface area contributed by atoms with Crippen LogP contribution in [0, 0.1) is 5.92 Å². The van der Waals surface area contributed by atoms with Crippen LogP contribution in [0.25, 0.3) is 10.8 Å². The van der Waals surface area contributed by atoms with E-state index in [4.69, 9.17) is 0 Å². The van der Waals surface area contributed by atoms with Crippen molar-refractivity contribution in [1.29, 1.82) is 0 Å². The van der Waals surface area contributed by atoms with Gasteiger partial charge in [-0.05, 0) is 41.5 Å². The summed E-state index contributed by atoms with van der Waals surface area (Å²) in [5, 5.41) is 8.86. The lowest BCUT2D eigenvalue weighted by atomic mass is 9.93. The Balaban J connectivity index is 0.00000280. The number of nitrogens with zero attached hydrogens (tertiary/aromatic N) is 2. The standard InChI is InChI=1S/C22H30N4O.HI/c1-23-21(27)16-17-11-14-26(15-12-17)22(24-2)25-13-10-19-8-5-7-18-6-3-4-9-20(18)19;/h3-9,17H,10-16H2,1-2H3,(H,23,27)(H,24,25);1H. The van der Waals surface area contributed by atoms with E-state index in [1.54, 1.807) is 7.05 Å². The van der Waals surface area contributed by atoms with E-state index >= 15 is 0 Å². The highest BCUT2D eigenvalue weighted by Crippen LogP contribution is 2.21. The maximum absolute atomic E-state index is 11.6. The highest BCUT2D eigenvalue weighted by Gasteiger charge is 2.22. The Hall–Kier alpha value is -1.83. The van der Waals surface area contributed by atoms with E-state index in [-0.39, 0.29) is 29.9 Å². The SMILES string of the molecule is CN=C(NCCc1cccc2ccccc12)N1CCC(CC(=O)NC)CC1.I. The van der Waals surface area contributed by atoms with Crippen LogP contribution in [-0.4, -0.2) is 50.5 Å². The van der Waals surface area contributed by atoms with Crippen molar-refractivity contribution in [1.82, 2.24) is 15.5 Å². The topological polar surface area (TPSA) is 56.7 Å². The smallest absolute Gasteiger partial charge is 0.220 e. The van der Waals surface area contributed by atoms with Gasteiger partial charge in [0.2, 0.25) is 5.91 Å². The van der Waals surface area contributed by atoms with Crippen molar-refractivity contribution < 1.29 is 4.79 Å². The number of hydrogen-bond donors (Lipinski definition) is 2. The highest BCUT2D eigenvalue weighted by atomic mass is 127. The summed E-state index contributed by atoms with van der Waals surface area (Å²) in [6, 6.07) is 15.0. The molecule has 0 spiro atoms. The van der Waals surface area contributed by atoms with Gasteiger partial charge in [0.25, 0.3) is 0 Å². The lowest BCUT2D eigenvalue weighted by Gasteiger charge is -2.34. The fourth-order valence-corrected chi connectivity index (χ4v) is 3.86. The Labute approximate surface area is 185 Å². The molecule has 0 radical (unpaired) electrons. The van der Waals surface area contributed by atoms with Gasteiger partial charge in [-0.1, -0.05) is 42.5 Å². The molecule has 1 amide bonds. The summed E-state index contributed by atoms with van der Waals surface area (Å²) in [4.78, 5) is 18.3. The van der Waals surface area contributed by atoms with Crippen LogP contribution in [0.2, 0.25) is 0 Å². The Morgan fingerprint density at radius 2 is 1.86 bits per heavy atom. The van der Waals surface area contributed by atoms with E-state index in [9.17, 15) is 4.79 Å². The van der Waals surface area contributed by atoms with Gasteiger partial charge in [0.1, 0.15) is 0 Å².